The highest BCUT2D eigenvalue weighted by Crippen LogP contribution is 2.25. The first-order valence-electron chi connectivity index (χ1n) is 11.7. The monoisotopic (exact) mass is 440 g/mol. The summed E-state index contributed by atoms with van der Waals surface area (Å²) in [6.45, 7) is 7.57. The number of nitrogens with one attached hydrogen (secondary N) is 1. The minimum absolute atomic E-state index is 0.130. The Morgan fingerprint density at radius 2 is 1.85 bits per heavy atom. The van der Waals surface area contributed by atoms with Gasteiger partial charge in [0.2, 0.25) is 0 Å². The van der Waals surface area contributed by atoms with Gasteiger partial charge in [-0.3, -0.25) is 9.69 Å². The Hall–Kier alpha value is -3.31. The van der Waals surface area contributed by atoms with E-state index in [-0.39, 0.29) is 5.91 Å². The number of hydrogen-bond acceptors (Lipinski definition) is 4. The Morgan fingerprint density at radius 3 is 2.58 bits per heavy atom. The van der Waals surface area contributed by atoms with Gasteiger partial charge in [0, 0.05) is 31.7 Å². The van der Waals surface area contributed by atoms with Crippen molar-refractivity contribution in [2.45, 2.75) is 39.2 Å². The number of piperidine rings is 1. The predicted octanol–water partition coefficient (Wildman–Crippen LogP) is 5.00. The molecule has 0 spiro atoms. The molecule has 4 rings (SSSR count). The van der Waals surface area contributed by atoms with Crippen LogP contribution in [0.25, 0.3) is 6.08 Å². The van der Waals surface area contributed by atoms with Gasteiger partial charge in [-0.05, 0) is 44.4 Å². The zero-order chi connectivity index (χ0) is 23.0. The smallest absolute Gasteiger partial charge is 0.254 e. The van der Waals surface area contributed by atoms with E-state index in [1.807, 2.05) is 43.3 Å². The highest BCUT2D eigenvalue weighted by Gasteiger charge is 2.24. The summed E-state index contributed by atoms with van der Waals surface area (Å²) in [7, 11) is 0. The number of aromatic nitrogens is 2. The highest BCUT2D eigenvalue weighted by molar-refractivity contribution is 5.94. The Morgan fingerprint density at radius 1 is 1.12 bits per heavy atom. The molecule has 0 saturated carbocycles. The molecule has 3 aromatic rings. The van der Waals surface area contributed by atoms with Crippen LogP contribution in [0.4, 0.5) is 0 Å². The van der Waals surface area contributed by atoms with Crippen molar-refractivity contribution in [1.82, 2.24) is 20.2 Å². The first-order chi connectivity index (χ1) is 16.1. The molecule has 2 heterocycles. The number of hydrogen-bond donors (Lipinski definition) is 1. The number of amides is 1. The van der Waals surface area contributed by atoms with Gasteiger partial charge in [0.25, 0.3) is 5.91 Å². The first-order valence-corrected chi connectivity index (χ1v) is 11.7. The molecule has 1 aliphatic heterocycles. The maximum absolute atomic E-state index is 12.6. The molecule has 1 amide bonds. The Bertz CT molecular complexity index is 1100. The van der Waals surface area contributed by atoms with Gasteiger partial charge in [-0.2, -0.15) is 0 Å². The Labute approximate surface area is 196 Å². The number of likely N-dealkylation sites (tertiary alicyclic amines) is 1. The van der Waals surface area contributed by atoms with Gasteiger partial charge in [0.05, 0.1) is 11.3 Å². The van der Waals surface area contributed by atoms with Crippen LogP contribution in [-0.4, -0.2) is 40.4 Å². The summed E-state index contributed by atoms with van der Waals surface area (Å²) in [4.78, 5) is 24.5. The van der Waals surface area contributed by atoms with Crippen LogP contribution in [0.1, 0.15) is 58.7 Å². The third-order valence-corrected chi connectivity index (χ3v) is 6.09. The van der Waals surface area contributed by atoms with Gasteiger partial charge in [-0.1, -0.05) is 72.3 Å². The maximum atomic E-state index is 12.6. The summed E-state index contributed by atoms with van der Waals surface area (Å²) in [5.74, 6) is 1.01. The second-order valence-corrected chi connectivity index (χ2v) is 8.87. The molecule has 0 bridgehead atoms. The molecular formula is C28H32N4O. The lowest BCUT2D eigenvalue weighted by atomic mass is 9.96. The molecule has 33 heavy (non-hydrogen) atoms. The fraction of sp³-hybridized carbons (Fsp3) is 0.321. The summed E-state index contributed by atoms with van der Waals surface area (Å²) in [5.41, 5.74) is 4.94. The number of carbonyl (C=O) groups excluding carboxylic acids is 1. The highest BCUT2D eigenvalue weighted by atomic mass is 16.1. The minimum atomic E-state index is -0.130. The van der Waals surface area contributed by atoms with Crippen molar-refractivity contribution in [3.8, 4) is 0 Å². The molecule has 5 nitrogen and oxygen atoms in total. The van der Waals surface area contributed by atoms with E-state index in [1.165, 1.54) is 11.1 Å². The molecule has 170 valence electrons. The first kappa shape index (κ1) is 22.9. The van der Waals surface area contributed by atoms with E-state index in [0.29, 0.717) is 18.0 Å². The van der Waals surface area contributed by atoms with Crippen LogP contribution >= 0.6 is 0 Å². The quantitative estimate of drug-likeness (QED) is 0.562. The number of rotatable bonds is 7. The topological polar surface area (TPSA) is 58.1 Å². The van der Waals surface area contributed by atoms with Gasteiger partial charge in [-0.15, -0.1) is 0 Å². The molecule has 0 radical (unpaired) electrons. The summed E-state index contributed by atoms with van der Waals surface area (Å²) >= 11 is 0. The molecule has 5 heteroatoms. The number of aryl methyl sites for hydroxylation is 1. The predicted molar refractivity (Wildman–Crippen MR) is 133 cm³/mol. The number of carbonyl (C=O) groups is 1. The summed E-state index contributed by atoms with van der Waals surface area (Å²) in [6.07, 6.45) is 6.16. The minimum Gasteiger partial charge on any atom is -0.348 e. The molecule has 1 fully saturated rings. The lowest BCUT2D eigenvalue weighted by Crippen LogP contribution is -2.36. The average molecular weight is 441 g/mol. The van der Waals surface area contributed by atoms with E-state index >= 15 is 0 Å². The SMILES string of the molecule is C/C(=C\c1ccccc1)CN1CCC[C@H](c2ncc(C(=O)NCc3ccccc3)c(C)n2)C1. The summed E-state index contributed by atoms with van der Waals surface area (Å²) in [6, 6.07) is 20.4. The van der Waals surface area contributed by atoms with Gasteiger partial charge >= 0.3 is 0 Å². The standard InChI is InChI=1S/C28H32N4O/c1-21(16-23-10-5-3-6-11-23)19-32-15-9-14-25(20-32)27-29-18-26(22(2)31-27)28(33)30-17-24-12-7-4-8-13-24/h3-8,10-13,16,18,25H,9,14-15,17,19-20H2,1-2H3,(H,30,33)/b21-16+/t25-/m0/s1. The van der Waals surface area contributed by atoms with Crippen LogP contribution in [0, 0.1) is 6.92 Å². The van der Waals surface area contributed by atoms with Crippen molar-refractivity contribution in [3.05, 3.63) is 101 Å². The van der Waals surface area contributed by atoms with Crippen molar-refractivity contribution in [2.24, 2.45) is 0 Å². The Balaban J connectivity index is 1.37. The van der Waals surface area contributed by atoms with Gasteiger partial charge in [-0.25, -0.2) is 9.97 Å². The number of benzene rings is 2. The zero-order valence-electron chi connectivity index (χ0n) is 19.5. The van der Waals surface area contributed by atoms with E-state index in [2.05, 4.69) is 52.5 Å². The van der Waals surface area contributed by atoms with E-state index < -0.39 is 0 Å². The molecule has 1 aromatic heterocycles. The molecule has 1 aliphatic rings. The lowest BCUT2D eigenvalue weighted by Gasteiger charge is -2.32. The molecule has 1 atom stereocenters. The van der Waals surface area contributed by atoms with Crippen molar-refractivity contribution in [2.75, 3.05) is 19.6 Å². The molecular weight excluding hydrogens is 408 g/mol. The molecule has 2 aromatic carbocycles. The second kappa shape index (κ2) is 11.0. The third kappa shape index (κ3) is 6.36. The fourth-order valence-electron chi connectivity index (χ4n) is 4.42. The van der Waals surface area contributed by atoms with Crippen LogP contribution in [0.2, 0.25) is 0 Å². The van der Waals surface area contributed by atoms with Crippen LogP contribution in [0.3, 0.4) is 0 Å². The van der Waals surface area contributed by atoms with Crippen molar-refractivity contribution >= 4 is 12.0 Å². The van der Waals surface area contributed by atoms with Gasteiger partial charge < -0.3 is 5.32 Å². The van der Waals surface area contributed by atoms with Gasteiger partial charge in [0.15, 0.2) is 0 Å². The van der Waals surface area contributed by atoms with Crippen LogP contribution < -0.4 is 5.32 Å². The van der Waals surface area contributed by atoms with E-state index in [9.17, 15) is 4.79 Å². The molecule has 1 N–H and O–H groups in total. The molecule has 1 saturated heterocycles. The second-order valence-electron chi connectivity index (χ2n) is 8.87. The van der Waals surface area contributed by atoms with Crippen LogP contribution in [0.5, 0.6) is 0 Å². The molecule has 0 unspecified atom stereocenters. The summed E-state index contributed by atoms with van der Waals surface area (Å²) in [5, 5.41) is 2.97. The number of nitrogens with zero attached hydrogens (tertiary/aromatic N) is 3. The zero-order valence-corrected chi connectivity index (χ0v) is 19.5. The van der Waals surface area contributed by atoms with Crippen molar-refractivity contribution in [1.29, 1.82) is 0 Å². The lowest BCUT2D eigenvalue weighted by molar-refractivity contribution is 0.0949. The van der Waals surface area contributed by atoms with E-state index in [1.54, 1.807) is 6.20 Å². The fourth-order valence-corrected chi connectivity index (χ4v) is 4.42. The van der Waals surface area contributed by atoms with Gasteiger partial charge in [0.1, 0.15) is 5.82 Å². The summed E-state index contributed by atoms with van der Waals surface area (Å²) < 4.78 is 0. The van der Waals surface area contributed by atoms with E-state index in [0.717, 1.165) is 49.6 Å². The van der Waals surface area contributed by atoms with Crippen molar-refractivity contribution < 1.29 is 4.79 Å². The third-order valence-electron chi connectivity index (χ3n) is 6.09. The van der Waals surface area contributed by atoms with Crippen LogP contribution in [-0.2, 0) is 6.54 Å². The largest absolute Gasteiger partial charge is 0.348 e. The normalized spacial score (nSPS) is 17.0. The Kier molecular flexibility index (Phi) is 7.63. The van der Waals surface area contributed by atoms with Crippen LogP contribution in [0.15, 0.2) is 72.4 Å². The average Bonchev–Trinajstić information content (AvgIpc) is 2.84. The maximum Gasteiger partial charge on any atom is 0.254 e. The molecule has 0 aliphatic carbocycles. The van der Waals surface area contributed by atoms with E-state index in [4.69, 9.17) is 4.98 Å². The van der Waals surface area contributed by atoms with Crippen molar-refractivity contribution in [3.63, 3.8) is 0 Å².